The molecule has 1 amide bonds. The SMILES string of the molecule is Cc1ccc(OC(C)(C)C(=O)Nc2cccc(C)n2)cc1. The van der Waals surface area contributed by atoms with Crippen LogP contribution in [0.3, 0.4) is 0 Å². The van der Waals surface area contributed by atoms with Gasteiger partial charge in [-0.2, -0.15) is 0 Å². The zero-order valence-corrected chi connectivity index (χ0v) is 12.8. The molecule has 2 aromatic rings. The van der Waals surface area contributed by atoms with E-state index in [0.29, 0.717) is 11.6 Å². The molecule has 0 atom stereocenters. The van der Waals surface area contributed by atoms with Crippen molar-refractivity contribution in [3.05, 3.63) is 53.7 Å². The quantitative estimate of drug-likeness (QED) is 0.935. The topological polar surface area (TPSA) is 51.2 Å². The van der Waals surface area contributed by atoms with Crippen LogP contribution in [0.2, 0.25) is 0 Å². The Bertz CT molecular complexity index is 633. The number of aryl methyl sites for hydroxylation is 2. The number of carbonyl (C=O) groups is 1. The van der Waals surface area contributed by atoms with Gasteiger partial charge in [0, 0.05) is 5.69 Å². The summed E-state index contributed by atoms with van der Waals surface area (Å²) in [5.74, 6) is 0.958. The molecule has 0 aliphatic rings. The minimum atomic E-state index is -0.985. The third-order valence-corrected chi connectivity index (χ3v) is 3.07. The van der Waals surface area contributed by atoms with Crippen LogP contribution in [0.25, 0.3) is 0 Å². The van der Waals surface area contributed by atoms with Crippen molar-refractivity contribution < 1.29 is 9.53 Å². The third kappa shape index (κ3) is 4.05. The van der Waals surface area contributed by atoms with Gasteiger partial charge in [-0.3, -0.25) is 4.79 Å². The number of nitrogens with one attached hydrogen (secondary N) is 1. The summed E-state index contributed by atoms with van der Waals surface area (Å²) in [7, 11) is 0. The van der Waals surface area contributed by atoms with E-state index < -0.39 is 5.60 Å². The van der Waals surface area contributed by atoms with Crippen molar-refractivity contribution in [2.75, 3.05) is 5.32 Å². The second-order valence-electron chi connectivity index (χ2n) is 5.54. The van der Waals surface area contributed by atoms with Crippen LogP contribution in [0.4, 0.5) is 5.82 Å². The van der Waals surface area contributed by atoms with Crippen LogP contribution in [0.5, 0.6) is 5.75 Å². The van der Waals surface area contributed by atoms with Gasteiger partial charge in [-0.25, -0.2) is 4.98 Å². The molecule has 0 radical (unpaired) electrons. The van der Waals surface area contributed by atoms with Gasteiger partial charge in [-0.15, -0.1) is 0 Å². The Kier molecular flexibility index (Phi) is 4.26. The van der Waals surface area contributed by atoms with Crippen LogP contribution < -0.4 is 10.1 Å². The van der Waals surface area contributed by atoms with E-state index in [2.05, 4.69) is 10.3 Å². The summed E-state index contributed by atoms with van der Waals surface area (Å²) >= 11 is 0. The van der Waals surface area contributed by atoms with Gasteiger partial charge in [0.15, 0.2) is 5.60 Å². The number of amides is 1. The standard InChI is InChI=1S/C17H20N2O2/c1-12-8-10-14(11-9-12)21-17(3,4)16(20)19-15-7-5-6-13(2)18-15/h5-11H,1-4H3,(H,18,19,20). The Morgan fingerprint density at radius 3 is 2.38 bits per heavy atom. The number of nitrogens with zero attached hydrogens (tertiary/aromatic N) is 1. The lowest BCUT2D eigenvalue weighted by molar-refractivity contribution is -0.128. The summed E-state index contributed by atoms with van der Waals surface area (Å²) in [4.78, 5) is 16.6. The van der Waals surface area contributed by atoms with Gasteiger partial charge < -0.3 is 10.1 Å². The Hall–Kier alpha value is -2.36. The Morgan fingerprint density at radius 1 is 1.10 bits per heavy atom. The minimum Gasteiger partial charge on any atom is -0.478 e. The fourth-order valence-corrected chi connectivity index (χ4v) is 1.83. The molecule has 0 bridgehead atoms. The molecular weight excluding hydrogens is 264 g/mol. The van der Waals surface area contributed by atoms with E-state index in [4.69, 9.17) is 4.74 Å². The van der Waals surface area contributed by atoms with Gasteiger partial charge in [-0.1, -0.05) is 23.8 Å². The van der Waals surface area contributed by atoms with Crippen LogP contribution >= 0.6 is 0 Å². The summed E-state index contributed by atoms with van der Waals surface area (Å²) < 4.78 is 5.78. The zero-order valence-electron chi connectivity index (χ0n) is 12.8. The number of pyridine rings is 1. The monoisotopic (exact) mass is 284 g/mol. The molecule has 0 unspecified atom stereocenters. The maximum Gasteiger partial charge on any atom is 0.269 e. The number of benzene rings is 1. The molecule has 0 saturated carbocycles. The Labute approximate surface area is 125 Å². The number of rotatable bonds is 4. The van der Waals surface area contributed by atoms with E-state index in [-0.39, 0.29) is 5.91 Å². The van der Waals surface area contributed by atoms with Gasteiger partial charge in [0.05, 0.1) is 0 Å². The summed E-state index contributed by atoms with van der Waals surface area (Å²) in [5, 5.41) is 2.78. The number of anilines is 1. The van der Waals surface area contributed by atoms with Gasteiger partial charge in [0.25, 0.3) is 5.91 Å². The smallest absolute Gasteiger partial charge is 0.269 e. The molecule has 1 aromatic heterocycles. The number of hydrogen-bond donors (Lipinski definition) is 1. The molecule has 2 rings (SSSR count). The van der Waals surface area contributed by atoms with Crippen LogP contribution in [-0.2, 0) is 4.79 Å². The molecule has 4 nitrogen and oxygen atoms in total. The lowest BCUT2D eigenvalue weighted by Gasteiger charge is -2.25. The fourth-order valence-electron chi connectivity index (χ4n) is 1.83. The van der Waals surface area contributed by atoms with Crippen LogP contribution in [0.1, 0.15) is 25.1 Å². The first-order valence-electron chi connectivity index (χ1n) is 6.87. The maximum absolute atomic E-state index is 12.3. The molecule has 0 saturated heterocycles. The van der Waals surface area contributed by atoms with Gasteiger partial charge in [0.2, 0.25) is 0 Å². The largest absolute Gasteiger partial charge is 0.478 e. The van der Waals surface area contributed by atoms with Crippen molar-refractivity contribution in [3.63, 3.8) is 0 Å². The second kappa shape index (κ2) is 5.95. The van der Waals surface area contributed by atoms with E-state index >= 15 is 0 Å². The Morgan fingerprint density at radius 2 is 1.76 bits per heavy atom. The highest BCUT2D eigenvalue weighted by Crippen LogP contribution is 2.20. The summed E-state index contributed by atoms with van der Waals surface area (Å²) in [6.07, 6.45) is 0. The van der Waals surface area contributed by atoms with Crippen LogP contribution in [-0.4, -0.2) is 16.5 Å². The molecule has 0 aliphatic heterocycles. The molecule has 110 valence electrons. The highest BCUT2D eigenvalue weighted by Gasteiger charge is 2.30. The molecule has 0 spiro atoms. The Balaban J connectivity index is 2.07. The van der Waals surface area contributed by atoms with Crippen molar-refractivity contribution >= 4 is 11.7 Å². The number of ether oxygens (including phenoxy) is 1. The first kappa shape index (κ1) is 15.0. The van der Waals surface area contributed by atoms with Gasteiger partial charge >= 0.3 is 0 Å². The summed E-state index contributed by atoms with van der Waals surface area (Å²) in [5.41, 5.74) is 1.01. The van der Waals surface area contributed by atoms with E-state index in [1.165, 1.54) is 0 Å². The van der Waals surface area contributed by atoms with Crippen molar-refractivity contribution in [2.45, 2.75) is 33.3 Å². The third-order valence-electron chi connectivity index (χ3n) is 3.07. The molecule has 1 N–H and O–H groups in total. The predicted molar refractivity (Wildman–Crippen MR) is 83.5 cm³/mol. The minimum absolute atomic E-state index is 0.235. The van der Waals surface area contributed by atoms with Crippen molar-refractivity contribution in [3.8, 4) is 5.75 Å². The molecule has 0 aliphatic carbocycles. The average Bonchev–Trinajstić information content (AvgIpc) is 2.41. The van der Waals surface area contributed by atoms with E-state index in [9.17, 15) is 4.79 Å². The average molecular weight is 284 g/mol. The lowest BCUT2D eigenvalue weighted by Crippen LogP contribution is -2.42. The molecular formula is C17H20N2O2. The molecule has 1 heterocycles. The number of aromatic nitrogens is 1. The molecule has 1 aromatic carbocycles. The van der Waals surface area contributed by atoms with Crippen molar-refractivity contribution in [1.29, 1.82) is 0 Å². The zero-order chi connectivity index (χ0) is 15.5. The lowest BCUT2D eigenvalue weighted by atomic mass is 10.1. The molecule has 0 fully saturated rings. The second-order valence-corrected chi connectivity index (χ2v) is 5.54. The van der Waals surface area contributed by atoms with E-state index in [0.717, 1.165) is 11.3 Å². The molecule has 4 heteroatoms. The van der Waals surface area contributed by atoms with Gasteiger partial charge in [0.1, 0.15) is 11.6 Å². The van der Waals surface area contributed by atoms with E-state index in [1.807, 2.05) is 50.2 Å². The highest BCUT2D eigenvalue weighted by atomic mass is 16.5. The van der Waals surface area contributed by atoms with E-state index in [1.54, 1.807) is 19.9 Å². The fraction of sp³-hybridized carbons (Fsp3) is 0.294. The molecule has 21 heavy (non-hydrogen) atoms. The van der Waals surface area contributed by atoms with Crippen LogP contribution in [0, 0.1) is 13.8 Å². The normalized spacial score (nSPS) is 11.0. The van der Waals surface area contributed by atoms with Crippen molar-refractivity contribution in [1.82, 2.24) is 4.98 Å². The summed E-state index contributed by atoms with van der Waals surface area (Å²) in [6, 6.07) is 13.1. The van der Waals surface area contributed by atoms with Crippen LogP contribution in [0.15, 0.2) is 42.5 Å². The van der Waals surface area contributed by atoms with Crippen molar-refractivity contribution in [2.24, 2.45) is 0 Å². The highest BCUT2D eigenvalue weighted by molar-refractivity contribution is 5.96. The first-order valence-corrected chi connectivity index (χ1v) is 6.87. The first-order chi connectivity index (χ1) is 9.87. The predicted octanol–water partition coefficient (Wildman–Crippen LogP) is 3.49. The number of carbonyl (C=O) groups excluding carboxylic acids is 1. The summed E-state index contributed by atoms with van der Waals surface area (Å²) in [6.45, 7) is 7.35. The van der Waals surface area contributed by atoms with Gasteiger partial charge in [-0.05, 0) is 52.0 Å². The maximum atomic E-state index is 12.3. The number of hydrogen-bond acceptors (Lipinski definition) is 3.